The zero-order valence-electron chi connectivity index (χ0n) is 11.8. The fourth-order valence-electron chi connectivity index (χ4n) is 1.89. The third-order valence-corrected chi connectivity index (χ3v) is 2.90. The van der Waals surface area contributed by atoms with E-state index < -0.39 is 11.6 Å². The maximum atomic E-state index is 13.4. The van der Waals surface area contributed by atoms with Crippen molar-refractivity contribution in [2.45, 2.75) is 6.92 Å². The first kappa shape index (κ1) is 15.4. The lowest BCUT2D eigenvalue weighted by Gasteiger charge is -2.05. The number of benzene rings is 2. The van der Waals surface area contributed by atoms with E-state index in [0.717, 1.165) is 0 Å². The molecule has 0 heterocycles. The van der Waals surface area contributed by atoms with Crippen LogP contribution >= 0.6 is 0 Å². The average molecular weight is 299 g/mol. The molecule has 4 nitrogen and oxygen atoms in total. The minimum absolute atomic E-state index is 0.0710. The molecule has 0 aliphatic rings. The molecular formula is C17H14FNO3. The third-order valence-electron chi connectivity index (χ3n) is 2.90. The number of halogens is 1. The summed E-state index contributed by atoms with van der Waals surface area (Å²) in [6, 6.07) is 10.2. The number of phenolic OH excluding ortho intramolecular Hbond substituents is 1. The summed E-state index contributed by atoms with van der Waals surface area (Å²) < 4.78 is 13.4. The van der Waals surface area contributed by atoms with Gasteiger partial charge in [0.05, 0.1) is 5.56 Å². The van der Waals surface area contributed by atoms with Gasteiger partial charge in [-0.05, 0) is 30.4 Å². The molecule has 0 spiro atoms. The number of phenols is 1. The summed E-state index contributed by atoms with van der Waals surface area (Å²) in [5.74, 6) is -1.43. The van der Waals surface area contributed by atoms with Gasteiger partial charge in [0, 0.05) is 24.2 Å². The van der Waals surface area contributed by atoms with Crippen LogP contribution in [0.1, 0.15) is 22.8 Å². The molecule has 1 amide bonds. The molecule has 0 unspecified atom stereocenters. The van der Waals surface area contributed by atoms with Crippen LogP contribution in [0, 0.1) is 5.82 Å². The second-order valence-electron chi connectivity index (χ2n) is 4.63. The molecule has 2 aromatic carbocycles. The molecule has 0 bridgehead atoms. The zero-order chi connectivity index (χ0) is 16.1. The molecule has 112 valence electrons. The van der Waals surface area contributed by atoms with Crippen molar-refractivity contribution in [3.63, 3.8) is 0 Å². The molecule has 0 aromatic heterocycles. The van der Waals surface area contributed by atoms with Crippen molar-refractivity contribution >= 4 is 23.5 Å². The van der Waals surface area contributed by atoms with Crippen LogP contribution in [0.15, 0.2) is 48.5 Å². The maximum Gasteiger partial charge on any atom is 0.221 e. The van der Waals surface area contributed by atoms with Gasteiger partial charge in [-0.3, -0.25) is 9.59 Å². The SMILES string of the molecule is CC(=O)Nc1ccc(C(=O)C=Cc2ccccc2F)c(O)c1. The van der Waals surface area contributed by atoms with E-state index in [1.807, 2.05) is 0 Å². The Labute approximate surface area is 126 Å². The second-order valence-corrected chi connectivity index (χ2v) is 4.63. The van der Waals surface area contributed by atoms with E-state index in [2.05, 4.69) is 5.32 Å². The number of hydrogen-bond acceptors (Lipinski definition) is 3. The van der Waals surface area contributed by atoms with Gasteiger partial charge in [-0.25, -0.2) is 4.39 Å². The lowest BCUT2D eigenvalue weighted by Crippen LogP contribution is -2.06. The molecule has 0 radical (unpaired) electrons. The number of amides is 1. The predicted octanol–water partition coefficient (Wildman–Crippen LogP) is 3.39. The van der Waals surface area contributed by atoms with E-state index in [1.54, 1.807) is 18.2 Å². The molecule has 2 N–H and O–H groups in total. The molecule has 2 rings (SSSR count). The van der Waals surface area contributed by atoms with E-state index in [0.29, 0.717) is 5.69 Å². The van der Waals surface area contributed by atoms with E-state index >= 15 is 0 Å². The summed E-state index contributed by atoms with van der Waals surface area (Å²) in [7, 11) is 0. The number of nitrogens with one attached hydrogen (secondary N) is 1. The van der Waals surface area contributed by atoms with Crippen LogP contribution < -0.4 is 5.32 Å². The zero-order valence-corrected chi connectivity index (χ0v) is 11.8. The highest BCUT2D eigenvalue weighted by Crippen LogP contribution is 2.23. The standard InChI is InChI=1S/C17H14FNO3/c1-11(20)19-13-7-8-14(17(22)10-13)16(21)9-6-12-4-2-3-5-15(12)18/h2-10,22H,1H3,(H,19,20). The van der Waals surface area contributed by atoms with Crippen LogP contribution in [0.5, 0.6) is 5.75 Å². The van der Waals surface area contributed by atoms with E-state index in [1.165, 1.54) is 43.3 Å². The highest BCUT2D eigenvalue weighted by Gasteiger charge is 2.10. The van der Waals surface area contributed by atoms with Crippen LogP contribution in [-0.2, 0) is 4.79 Å². The second kappa shape index (κ2) is 6.67. The molecule has 0 aliphatic carbocycles. The molecule has 22 heavy (non-hydrogen) atoms. The van der Waals surface area contributed by atoms with E-state index in [9.17, 15) is 19.1 Å². The summed E-state index contributed by atoms with van der Waals surface area (Å²) >= 11 is 0. The first-order chi connectivity index (χ1) is 10.5. The Balaban J connectivity index is 2.19. The van der Waals surface area contributed by atoms with Gasteiger partial charge in [-0.2, -0.15) is 0 Å². The number of carbonyl (C=O) groups excluding carboxylic acids is 2. The fraction of sp³-hybridized carbons (Fsp3) is 0.0588. The van der Waals surface area contributed by atoms with Gasteiger partial charge in [0.25, 0.3) is 0 Å². The summed E-state index contributed by atoms with van der Waals surface area (Å²) in [6.45, 7) is 1.34. The van der Waals surface area contributed by atoms with Gasteiger partial charge < -0.3 is 10.4 Å². The molecule has 5 heteroatoms. The van der Waals surface area contributed by atoms with E-state index in [-0.39, 0.29) is 22.8 Å². The Morgan fingerprint density at radius 3 is 2.55 bits per heavy atom. The van der Waals surface area contributed by atoms with Crippen LogP contribution in [-0.4, -0.2) is 16.8 Å². The first-order valence-electron chi connectivity index (χ1n) is 6.55. The van der Waals surface area contributed by atoms with Crippen LogP contribution in [0.4, 0.5) is 10.1 Å². The van der Waals surface area contributed by atoms with Crippen molar-refractivity contribution in [3.8, 4) is 5.75 Å². The molecule has 0 saturated carbocycles. The summed E-state index contributed by atoms with van der Waals surface area (Å²) in [5.41, 5.74) is 0.742. The Morgan fingerprint density at radius 2 is 1.91 bits per heavy atom. The number of allylic oxidation sites excluding steroid dienone is 1. The van der Waals surface area contributed by atoms with Gasteiger partial charge in [0.2, 0.25) is 5.91 Å². The summed E-state index contributed by atoms with van der Waals surface area (Å²) in [5, 5.41) is 12.3. The van der Waals surface area contributed by atoms with E-state index in [4.69, 9.17) is 0 Å². The highest BCUT2D eigenvalue weighted by atomic mass is 19.1. The van der Waals surface area contributed by atoms with Crippen molar-refractivity contribution in [1.82, 2.24) is 0 Å². The van der Waals surface area contributed by atoms with Gasteiger partial charge in [-0.15, -0.1) is 0 Å². The Bertz CT molecular complexity index is 753. The largest absolute Gasteiger partial charge is 0.507 e. The van der Waals surface area contributed by atoms with Crippen molar-refractivity contribution in [1.29, 1.82) is 0 Å². The molecule has 0 aliphatic heterocycles. The Kier molecular flexibility index (Phi) is 4.68. The minimum atomic E-state index is -0.463. The number of ketones is 1. The Morgan fingerprint density at radius 1 is 1.18 bits per heavy atom. The first-order valence-corrected chi connectivity index (χ1v) is 6.55. The van der Waals surface area contributed by atoms with Crippen molar-refractivity contribution < 1.29 is 19.1 Å². The highest BCUT2D eigenvalue weighted by molar-refractivity contribution is 6.09. The normalized spacial score (nSPS) is 10.6. The third kappa shape index (κ3) is 3.79. The summed E-state index contributed by atoms with van der Waals surface area (Å²) in [6.07, 6.45) is 2.53. The average Bonchev–Trinajstić information content (AvgIpc) is 2.45. The predicted molar refractivity (Wildman–Crippen MR) is 82.2 cm³/mol. The van der Waals surface area contributed by atoms with Crippen LogP contribution in [0.3, 0.4) is 0 Å². The monoisotopic (exact) mass is 299 g/mol. The molecule has 0 atom stereocenters. The molecule has 0 fully saturated rings. The van der Waals surface area contributed by atoms with Crippen LogP contribution in [0.2, 0.25) is 0 Å². The summed E-state index contributed by atoms with van der Waals surface area (Å²) in [4.78, 5) is 23.0. The van der Waals surface area contributed by atoms with Crippen molar-refractivity contribution in [2.24, 2.45) is 0 Å². The lowest BCUT2D eigenvalue weighted by molar-refractivity contribution is -0.114. The minimum Gasteiger partial charge on any atom is -0.507 e. The molecule has 2 aromatic rings. The van der Waals surface area contributed by atoms with Gasteiger partial charge in [0.15, 0.2) is 5.78 Å². The lowest BCUT2D eigenvalue weighted by atomic mass is 10.1. The van der Waals surface area contributed by atoms with Gasteiger partial charge >= 0.3 is 0 Å². The Hall–Kier alpha value is -2.95. The molecule has 0 saturated heterocycles. The number of anilines is 1. The molecular weight excluding hydrogens is 285 g/mol. The maximum absolute atomic E-state index is 13.4. The van der Waals surface area contributed by atoms with Gasteiger partial charge in [-0.1, -0.05) is 18.2 Å². The number of carbonyl (C=O) groups is 2. The number of hydrogen-bond donors (Lipinski definition) is 2. The quantitative estimate of drug-likeness (QED) is 0.672. The van der Waals surface area contributed by atoms with Gasteiger partial charge in [0.1, 0.15) is 11.6 Å². The van der Waals surface area contributed by atoms with Crippen molar-refractivity contribution in [3.05, 3.63) is 65.5 Å². The van der Waals surface area contributed by atoms with Crippen molar-refractivity contribution in [2.75, 3.05) is 5.32 Å². The number of rotatable bonds is 4. The smallest absolute Gasteiger partial charge is 0.221 e. The topological polar surface area (TPSA) is 66.4 Å². The van der Waals surface area contributed by atoms with Crippen LogP contribution in [0.25, 0.3) is 6.08 Å². The number of aromatic hydroxyl groups is 1. The fourth-order valence-corrected chi connectivity index (χ4v) is 1.89.